The number of nitrogens with zero attached hydrogens (tertiary/aromatic N) is 1. The van der Waals surface area contributed by atoms with E-state index in [9.17, 15) is 18.5 Å². The standard InChI is InChI=1S/C7H6INO4S/c1-14(12,13)7-3-5(8)2-6(4-7)9(10)11/h2-4H,1H3. The minimum Gasteiger partial charge on any atom is -0.258 e. The summed E-state index contributed by atoms with van der Waals surface area (Å²) in [4.78, 5) is 9.79. The number of non-ortho nitro benzene ring substituents is 1. The van der Waals surface area contributed by atoms with E-state index in [0.717, 1.165) is 12.3 Å². The molecule has 0 N–H and O–H groups in total. The maximum absolute atomic E-state index is 11.1. The molecule has 0 heterocycles. The van der Waals surface area contributed by atoms with Crippen LogP contribution in [0.25, 0.3) is 0 Å². The van der Waals surface area contributed by atoms with Crippen molar-refractivity contribution in [2.75, 3.05) is 6.26 Å². The largest absolute Gasteiger partial charge is 0.271 e. The average molecular weight is 327 g/mol. The second kappa shape index (κ2) is 3.81. The molecule has 7 heteroatoms. The van der Waals surface area contributed by atoms with Crippen LogP contribution in [0.5, 0.6) is 0 Å². The molecule has 76 valence electrons. The van der Waals surface area contributed by atoms with Crippen LogP contribution in [0.2, 0.25) is 0 Å². The van der Waals surface area contributed by atoms with Gasteiger partial charge in [-0.2, -0.15) is 0 Å². The quantitative estimate of drug-likeness (QED) is 0.470. The van der Waals surface area contributed by atoms with E-state index in [0.29, 0.717) is 3.57 Å². The Bertz CT molecular complexity index is 482. The Balaban J connectivity index is 3.43. The van der Waals surface area contributed by atoms with Crippen molar-refractivity contribution in [2.24, 2.45) is 0 Å². The molecule has 0 aliphatic rings. The molecule has 0 saturated carbocycles. The van der Waals surface area contributed by atoms with Gasteiger partial charge in [0.1, 0.15) is 0 Å². The fraction of sp³-hybridized carbons (Fsp3) is 0.143. The first kappa shape index (κ1) is 11.4. The van der Waals surface area contributed by atoms with Gasteiger partial charge in [0, 0.05) is 22.0 Å². The van der Waals surface area contributed by atoms with Gasteiger partial charge in [-0.25, -0.2) is 8.42 Å². The lowest BCUT2D eigenvalue weighted by Gasteiger charge is -1.99. The van der Waals surface area contributed by atoms with Crippen LogP contribution in [-0.2, 0) is 9.84 Å². The van der Waals surface area contributed by atoms with Crippen molar-refractivity contribution in [1.82, 2.24) is 0 Å². The molecule has 0 spiro atoms. The van der Waals surface area contributed by atoms with Crippen LogP contribution in [0.1, 0.15) is 0 Å². The molecule has 0 bridgehead atoms. The third-order valence-corrected chi connectivity index (χ3v) is 3.21. The van der Waals surface area contributed by atoms with Gasteiger partial charge in [0.25, 0.3) is 5.69 Å². The summed E-state index contributed by atoms with van der Waals surface area (Å²) in [5.41, 5.74) is -0.211. The molecule has 0 saturated heterocycles. The lowest BCUT2D eigenvalue weighted by Crippen LogP contribution is -1.99. The smallest absolute Gasteiger partial charge is 0.258 e. The van der Waals surface area contributed by atoms with E-state index in [1.165, 1.54) is 12.1 Å². The summed E-state index contributed by atoms with van der Waals surface area (Å²) in [6.07, 6.45) is 1.02. The van der Waals surface area contributed by atoms with Crippen LogP contribution in [-0.4, -0.2) is 19.6 Å². The van der Waals surface area contributed by atoms with Gasteiger partial charge in [-0.15, -0.1) is 0 Å². The first-order chi connectivity index (χ1) is 6.30. The van der Waals surface area contributed by atoms with E-state index >= 15 is 0 Å². The molecule has 0 aliphatic carbocycles. The number of hydrogen-bond donors (Lipinski definition) is 0. The Morgan fingerprint density at radius 1 is 1.36 bits per heavy atom. The number of benzene rings is 1. The van der Waals surface area contributed by atoms with Crippen LogP contribution in [0.15, 0.2) is 23.1 Å². The molecular formula is C7H6INO4S. The van der Waals surface area contributed by atoms with Crippen molar-refractivity contribution in [3.8, 4) is 0 Å². The van der Waals surface area contributed by atoms with Crippen LogP contribution >= 0.6 is 22.6 Å². The van der Waals surface area contributed by atoms with Gasteiger partial charge in [0.2, 0.25) is 0 Å². The van der Waals surface area contributed by atoms with Crippen molar-refractivity contribution >= 4 is 38.1 Å². The first-order valence-corrected chi connectivity index (χ1v) is 6.43. The summed E-state index contributed by atoms with van der Waals surface area (Å²) in [7, 11) is -3.39. The molecule has 1 rings (SSSR count). The minimum absolute atomic E-state index is 0.0314. The Morgan fingerprint density at radius 3 is 2.36 bits per heavy atom. The normalized spacial score (nSPS) is 11.3. The molecule has 0 aliphatic heterocycles. The summed E-state index contributed by atoms with van der Waals surface area (Å²) in [6, 6.07) is 3.76. The van der Waals surface area contributed by atoms with Crippen molar-refractivity contribution < 1.29 is 13.3 Å². The lowest BCUT2D eigenvalue weighted by molar-refractivity contribution is -0.385. The average Bonchev–Trinajstić information content (AvgIpc) is 2.01. The Kier molecular flexibility index (Phi) is 3.10. The molecule has 0 aromatic heterocycles. The molecule has 5 nitrogen and oxygen atoms in total. The van der Waals surface area contributed by atoms with E-state index in [1.807, 2.05) is 22.6 Å². The molecule has 0 unspecified atom stereocenters. The first-order valence-electron chi connectivity index (χ1n) is 3.46. The van der Waals surface area contributed by atoms with Gasteiger partial charge in [-0.3, -0.25) is 10.1 Å². The van der Waals surface area contributed by atoms with Crippen LogP contribution in [0, 0.1) is 13.7 Å². The molecule has 0 atom stereocenters. The van der Waals surface area contributed by atoms with E-state index in [4.69, 9.17) is 0 Å². The van der Waals surface area contributed by atoms with Gasteiger partial charge >= 0.3 is 0 Å². The van der Waals surface area contributed by atoms with E-state index in [2.05, 4.69) is 0 Å². The highest BCUT2D eigenvalue weighted by Gasteiger charge is 2.14. The summed E-state index contributed by atoms with van der Waals surface area (Å²) in [6.45, 7) is 0. The fourth-order valence-corrected chi connectivity index (χ4v) is 2.41. The van der Waals surface area contributed by atoms with Gasteiger partial charge in [-0.1, -0.05) is 0 Å². The Hall–Kier alpha value is -0.700. The van der Waals surface area contributed by atoms with Gasteiger partial charge in [0.05, 0.1) is 9.82 Å². The molecular weight excluding hydrogens is 321 g/mol. The third-order valence-electron chi connectivity index (χ3n) is 1.50. The highest BCUT2D eigenvalue weighted by molar-refractivity contribution is 14.1. The predicted octanol–water partition coefficient (Wildman–Crippen LogP) is 1.60. The fourth-order valence-electron chi connectivity index (χ4n) is 0.867. The number of nitro groups is 1. The van der Waals surface area contributed by atoms with Crippen molar-refractivity contribution in [3.05, 3.63) is 31.9 Å². The van der Waals surface area contributed by atoms with Gasteiger partial charge < -0.3 is 0 Å². The molecule has 0 amide bonds. The maximum atomic E-state index is 11.1. The monoisotopic (exact) mass is 327 g/mol. The number of rotatable bonds is 2. The molecule has 1 aromatic rings. The molecule has 0 radical (unpaired) electrons. The number of sulfone groups is 1. The van der Waals surface area contributed by atoms with E-state index in [-0.39, 0.29) is 10.6 Å². The molecule has 14 heavy (non-hydrogen) atoms. The van der Waals surface area contributed by atoms with Gasteiger partial charge in [0.15, 0.2) is 9.84 Å². The van der Waals surface area contributed by atoms with Crippen LogP contribution in [0.3, 0.4) is 0 Å². The maximum Gasteiger partial charge on any atom is 0.271 e. The number of hydrogen-bond acceptors (Lipinski definition) is 4. The number of nitro benzene ring substituents is 1. The van der Waals surface area contributed by atoms with Crippen molar-refractivity contribution in [1.29, 1.82) is 0 Å². The van der Waals surface area contributed by atoms with Crippen molar-refractivity contribution in [2.45, 2.75) is 4.90 Å². The lowest BCUT2D eigenvalue weighted by atomic mass is 10.3. The summed E-state index contributed by atoms with van der Waals surface area (Å²) in [5, 5.41) is 10.4. The third kappa shape index (κ3) is 2.64. The molecule has 0 fully saturated rings. The summed E-state index contributed by atoms with van der Waals surface area (Å²) >= 11 is 1.84. The SMILES string of the molecule is CS(=O)(=O)c1cc(I)cc([N+](=O)[O-])c1. The zero-order valence-electron chi connectivity index (χ0n) is 7.10. The minimum atomic E-state index is -3.39. The van der Waals surface area contributed by atoms with Gasteiger partial charge in [-0.05, 0) is 28.7 Å². The Labute approximate surface area is 94.3 Å². The zero-order valence-corrected chi connectivity index (χ0v) is 10.1. The number of halogens is 1. The van der Waals surface area contributed by atoms with Crippen LogP contribution in [0.4, 0.5) is 5.69 Å². The molecule has 1 aromatic carbocycles. The second-order valence-corrected chi connectivity index (χ2v) is 5.94. The highest BCUT2D eigenvalue weighted by Crippen LogP contribution is 2.21. The zero-order chi connectivity index (χ0) is 10.9. The highest BCUT2D eigenvalue weighted by atomic mass is 127. The van der Waals surface area contributed by atoms with Crippen LogP contribution < -0.4 is 0 Å². The second-order valence-electron chi connectivity index (χ2n) is 2.67. The Morgan fingerprint density at radius 2 is 1.93 bits per heavy atom. The summed E-state index contributed by atoms with van der Waals surface area (Å²) < 4.78 is 22.8. The van der Waals surface area contributed by atoms with Crippen molar-refractivity contribution in [3.63, 3.8) is 0 Å². The van der Waals surface area contributed by atoms with E-state index < -0.39 is 14.8 Å². The summed E-state index contributed by atoms with van der Waals surface area (Å²) in [5.74, 6) is 0. The predicted molar refractivity (Wildman–Crippen MR) is 58.9 cm³/mol. The topological polar surface area (TPSA) is 77.3 Å². The van der Waals surface area contributed by atoms with E-state index in [1.54, 1.807) is 0 Å².